The Balaban J connectivity index is 2.02. The fraction of sp³-hybridized carbons (Fsp3) is 0.167. The number of hydrogen-bond donors (Lipinski definition) is 1. The van der Waals surface area contributed by atoms with E-state index in [1.54, 1.807) is 12.1 Å². The summed E-state index contributed by atoms with van der Waals surface area (Å²) in [5, 5.41) is 9.02. The van der Waals surface area contributed by atoms with Gasteiger partial charge in [0.05, 0.1) is 5.02 Å². The predicted molar refractivity (Wildman–Crippen MR) is 60.4 cm³/mol. The fourth-order valence-corrected chi connectivity index (χ4v) is 1.55. The smallest absolute Gasteiger partial charge is 0.146 e. The standard InChI is InChI=1S/C12H10ClFO3/c13-11-5-8(14)1-4-12(11)16-7-10-3-2-9(6-15)17-10/h1-5,15H,6-7H2. The van der Waals surface area contributed by atoms with E-state index in [9.17, 15) is 4.39 Å². The summed E-state index contributed by atoms with van der Waals surface area (Å²) in [6, 6.07) is 7.25. The Labute approximate surface area is 102 Å². The minimum atomic E-state index is -0.414. The van der Waals surface area contributed by atoms with Crippen molar-refractivity contribution >= 4 is 11.6 Å². The maximum Gasteiger partial charge on any atom is 0.146 e. The lowest BCUT2D eigenvalue weighted by atomic mass is 10.3. The second kappa shape index (κ2) is 5.21. The lowest BCUT2D eigenvalue weighted by Gasteiger charge is -2.06. The van der Waals surface area contributed by atoms with E-state index < -0.39 is 5.82 Å². The fourth-order valence-electron chi connectivity index (χ4n) is 1.33. The molecule has 0 fully saturated rings. The van der Waals surface area contributed by atoms with Crippen LogP contribution in [0, 0.1) is 5.82 Å². The van der Waals surface area contributed by atoms with Crippen LogP contribution in [0.15, 0.2) is 34.7 Å². The first-order chi connectivity index (χ1) is 8.19. The molecule has 1 aromatic carbocycles. The monoisotopic (exact) mass is 256 g/mol. The molecule has 1 N–H and O–H groups in total. The number of hydrogen-bond acceptors (Lipinski definition) is 3. The van der Waals surface area contributed by atoms with Gasteiger partial charge in [-0.05, 0) is 30.3 Å². The van der Waals surface area contributed by atoms with Gasteiger partial charge in [0.15, 0.2) is 0 Å². The summed E-state index contributed by atoms with van der Waals surface area (Å²) in [5.41, 5.74) is 0. The molecule has 1 aromatic heterocycles. The molecule has 0 unspecified atom stereocenters. The average Bonchev–Trinajstić information content (AvgIpc) is 2.76. The van der Waals surface area contributed by atoms with Gasteiger partial charge in [0.25, 0.3) is 0 Å². The zero-order chi connectivity index (χ0) is 12.3. The van der Waals surface area contributed by atoms with E-state index in [1.807, 2.05) is 0 Å². The molecule has 2 aromatic rings. The lowest BCUT2D eigenvalue weighted by Crippen LogP contribution is -1.94. The second-order valence-electron chi connectivity index (χ2n) is 3.39. The van der Waals surface area contributed by atoms with Gasteiger partial charge in [-0.25, -0.2) is 4.39 Å². The topological polar surface area (TPSA) is 42.6 Å². The third-order valence-corrected chi connectivity index (χ3v) is 2.43. The number of ether oxygens (including phenoxy) is 1. The second-order valence-corrected chi connectivity index (χ2v) is 3.80. The molecule has 5 heteroatoms. The minimum Gasteiger partial charge on any atom is -0.484 e. The molecule has 0 spiro atoms. The van der Waals surface area contributed by atoms with Crippen LogP contribution in [0.1, 0.15) is 11.5 Å². The van der Waals surface area contributed by atoms with Gasteiger partial charge in [-0.3, -0.25) is 0 Å². The third kappa shape index (κ3) is 2.99. The van der Waals surface area contributed by atoms with E-state index in [2.05, 4.69) is 0 Å². The number of rotatable bonds is 4. The van der Waals surface area contributed by atoms with Crippen molar-refractivity contribution in [2.45, 2.75) is 13.2 Å². The van der Waals surface area contributed by atoms with Gasteiger partial charge in [0.1, 0.15) is 36.3 Å². The number of halogens is 2. The van der Waals surface area contributed by atoms with Gasteiger partial charge in [-0.1, -0.05) is 11.6 Å². The molecular weight excluding hydrogens is 247 g/mol. The highest BCUT2D eigenvalue weighted by atomic mass is 35.5. The van der Waals surface area contributed by atoms with E-state index in [1.165, 1.54) is 18.2 Å². The van der Waals surface area contributed by atoms with Crippen molar-refractivity contribution in [3.05, 3.63) is 52.7 Å². The van der Waals surface area contributed by atoms with Crippen LogP contribution < -0.4 is 4.74 Å². The van der Waals surface area contributed by atoms with E-state index in [0.717, 1.165) is 0 Å². The van der Waals surface area contributed by atoms with Gasteiger partial charge >= 0.3 is 0 Å². The largest absolute Gasteiger partial charge is 0.484 e. The first-order valence-corrected chi connectivity index (χ1v) is 5.33. The highest BCUT2D eigenvalue weighted by molar-refractivity contribution is 6.32. The Hall–Kier alpha value is -1.52. The molecule has 3 nitrogen and oxygen atoms in total. The molecule has 0 saturated heterocycles. The first-order valence-electron chi connectivity index (χ1n) is 4.95. The van der Waals surface area contributed by atoms with E-state index in [0.29, 0.717) is 17.3 Å². The molecule has 0 amide bonds. The van der Waals surface area contributed by atoms with Crippen LogP contribution in [-0.2, 0) is 13.2 Å². The minimum absolute atomic E-state index is 0.155. The molecule has 0 bridgehead atoms. The Kier molecular flexibility index (Phi) is 3.66. The van der Waals surface area contributed by atoms with Crippen molar-refractivity contribution in [3.8, 4) is 5.75 Å². The molecule has 0 aliphatic heterocycles. The molecule has 2 rings (SSSR count). The number of benzene rings is 1. The Morgan fingerprint density at radius 3 is 2.65 bits per heavy atom. The average molecular weight is 257 g/mol. The summed E-state index contributed by atoms with van der Waals surface area (Å²) in [6.45, 7) is 0.0165. The van der Waals surface area contributed by atoms with Crippen LogP contribution in [-0.4, -0.2) is 5.11 Å². The Morgan fingerprint density at radius 2 is 2.00 bits per heavy atom. The van der Waals surface area contributed by atoms with Crippen LogP contribution in [0.25, 0.3) is 0 Å². The van der Waals surface area contributed by atoms with Crippen LogP contribution >= 0.6 is 11.6 Å². The number of furan rings is 1. The van der Waals surface area contributed by atoms with Crippen molar-refractivity contribution < 1.29 is 18.7 Å². The quantitative estimate of drug-likeness (QED) is 0.914. The number of aliphatic hydroxyl groups is 1. The molecule has 90 valence electrons. The SMILES string of the molecule is OCc1ccc(COc2ccc(F)cc2Cl)o1. The van der Waals surface area contributed by atoms with Gasteiger partial charge in [0, 0.05) is 0 Å². The van der Waals surface area contributed by atoms with E-state index >= 15 is 0 Å². The van der Waals surface area contributed by atoms with Gasteiger partial charge < -0.3 is 14.3 Å². The summed E-state index contributed by atoms with van der Waals surface area (Å²) in [7, 11) is 0. The molecule has 0 radical (unpaired) electrons. The van der Waals surface area contributed by atoms with Crippen LogP contribution in [0.4, 0.5) is 4.39 Å². The molecule has 0 atom stereocenters. The van der Waals surface area contributed by atoms with Crippen LogP contribution in [0.5, 0.6) is 5.75 Å². The molecular formula is C12H10ClFO3. The third-order valence-electron chi connectivity index (χ3n) is 2.14. The summed E-state index contributed by atoms with van der Waals surface area (Å²) >= 11 is 5.79. The van der Waals surface area contributed by atoms with E-state index in [4.69, 9.17) is 25.9 Å². The summed E-state index contributed by atoms with van der Waals surface area (Å²) in [6.07, 6.45) is 0. The molecule has 17 heavy (non-hydrogen) atoms. The highest BCUT2D eigenvalue weighted by Crippen LogP contribution is 2.25. The molecule has 0 aliphatic rings. The van der Waals surface area contributed by atoms with Crippen molar-refractivity contribution in [2.24, 2.45) is 0 Å². The van der Waals surface area contributed by atoms with Gasteiger partial charge in [0.2, 0.25) is 0 Å². The molecule has 0 saturated carbocycles. The van der Waals surface area contributed by atoms with Crippen LogP contribution in [0.3, 0.4) is 0 Å². The van der Waals surface area contributed by atoms with Crippen molar-refractivity contribution in [3.63, 3.8) is 0 Å². The Morgan fingerprint density at radius 1 is 1.24 bits per heavy atom. The lowest BCUT2D eigenvalue weighted by molar-refractivity contribution is 0.225. The summed E-state index contributed by atoms with van der Waals surface area (Å²) in [4.78, 5) is 0. The maximum atomic E-state index is 12.8. The van der Waals surface area contributed by atoms with Crippen molar-refractivity contribution in [1.29, 1.82) is 0 Å². The molecule has 0 aliphatic carbocycles. The normalized spacial score (nSPS) is 10.5. The zero-order valence-corrected chi connectivity index (χ0v) is 9.58. The van der Waals surface area contributed by atoms with Crippen LogP contribution in [0.2, 0.25) is 5.02 Å². The predicted octanol–water partition coefficient (Wildman–Crippen LogP) is 3.14. The van der Waals surface area contributed by atoms with Crippen molar-refractivity contribution in [1.82, 2.24) is 0 Å². The number of aliphatic hydroxyl groups excluding tert-OH is 1. The van der Waals surface area contributed by atoms with Crippen molar-refractivity contribution in [2.75, 3.05) is 0 Å². The summed E-state index contributed by atoms with van der Waals surface area (Å²) < 4.78 is 23.4. The van der Waals surface area contributed by atoms with Gasteiger partial charge in [-0.2, -0.15) is 0 Å². The van der Waals surface area contributed by atoms with E-state index in [-0.39, 0.29) is 18.2 Å². The highest BCUT2D eigenvalue weighted by Gasteiger charge is 2.05. The Bertz CT molecular complexity index is 510. The van der Waals surface area contributed by atoms with Gasteiger partial charge in [-0.15, -0.1) is 0 Å². The molecule has 1 heterocycles. The first kappa shape index (κ1) is 12.0. The zero-order valence-electron chi connectivity index (χ0n) is 8.82. The summed E-state index contributed by atoms with van der Waals surface area (Å²) in [5.74, 6) is 1.00. The maximum absolute atomic E-state index is 12.8.